The van der Waals surface area contributed by atoms with Crippen molar-refractivity contribution in [2.45, 2.75) is 51.9 Å². The van der Waals surface area contributed by atoms with E-state index in [1.807, 2.05) is 0 Å². The van der Waals surface area contributed by atoms with Crippen LogP contribution in [-0.2, 0) is 47.4 Å². The van der Waals surface area contributed by atoms with E-state index < -0.39 is 0 Å². The Morgan fingerprint density at radius 1 is 0.500 bits per heavy atom. The first-order valence-electron chi connectivity index (χ1n) is 14.2. The number of carbonyl (C=O) groups excluding carboxylic acids is 1. The average Bonchev–Trinajstić information content (AvgIpc) is 2.92. The Morgan fingerprint density at radius 3 is 1.24 bits per heavy atom. The predicted octanol–water partition coefficient (Wildman–Crippen LogP) is 3.60. The highest BCUT2D eigenvalue weighted by atomic mass is 16.6. The summed E-state index contributed by atoms with van der Waals surface area (Å²) < 4.78 is 48.3. The Balaban J connectivity index is 3.09. The average molecular weight is 551 g/mol. The van der Waals surface area contributed by atoms with Gasteiger partial charge in [0, 0.05) is 6.42 Å². The number of esters is 1. The van der Waals surface area contributed by atoms with Crippen LogP contribution >= 0.6 is 0 Å². The van der Waals surface area contributed by atoms with Gasteiger partial charge >= 0.3 is 5.97 Å². The second kappa shape index (κ2) is 33.9. The van der Waals surface area contributed by atoms with Crippen molar-refractivity contribution in [3.05, 3.63) is 12.7 Å². The maximum Gasteiger partial charge on any atom is 0.305 e. The molecule has 0 unspecified atom stereocenters. The molecule has 0 aromatic carbocycles. The first kappa shape index (κ1) is 36.9. The van der Waals surface area contributed by atoms with Crippen molar-refractivity contribution in [1.82, 2.24) is 0 Å². The maximum absolute atomic E-state index is 11.6. The molecule has 10 heteroatoms. The number of hydrogen-bond acceptors (Lipinski definition) is 10. The van der Waals surface area contributed by atoms with Crippen LogP contribution in [0.15, 0.2) is 12.7 Å². The molecule has 0 N–H and O–H groups in total. The summed E-state index contributed by atoms with van der Waals surface area (Å²) in [6.45, 7) is 14.2. The Labute approximate surface area is 230 Å². The maximum atomic E-state index is 11.6. The molecule has 0 saturated heterocycles. The second-order valence-electron chi connectivity index (χ2n) is 8.39. The number of ether oxygens (including phenoxy) is 9. The largest absolute Gasteiger partial charge is 0.463 e. The molecule has 0 rings (SSSR count). The van der Waals surface area contributed by atoms with Crippen molar-refractivity contribution >= 4 is 5.97 Å². The molecule has 0 aromatic rings. The van der Waals surface area contributed by atoms with Crippen molar-refractivity contribution in [3.63, 3.8) is 0 Å². The lowest BCUT2D eigenvalue weighted by Gasteiger charge is -2.09. The number of rotatable bonds is 33. The van der Waals surface area contributed by atoms with Crippen molar-refractivity contribution in [1.29, 1.82) is 0 Å². The fourth-order valence-corrected chi connectivity index (χ4v) is 3.04. The van der Waals surface area contributed by atoms with Crippen LogP contribution in [0.2, 0.25) is 0 Å². The van der Waals surface area contributed by atoms with Crippen molar-refractivity contribution in [3.8, 4) is 0 Å². The molecule has 0 aliphatic heterocycles. The van der Waals surface area contributed by atoms with Crippen LogP contribution in [0.3, 0.4) is 0 Å². The third-order valence-corrected chi connectivity index (χ3v) is 5.06. The highest BCUT2D eigenvalue weighted by molar-refractivity contribution is 5.69. The van der Waals surface area contributed by atoms with Crippen LogP contribution in [-0.4, -0.2) is 118 Å². The molecule has 0 aliphatic rings. The third-order valence-electron chi connectivity index (χ3n) is 5.06. The van der Waals surface area contributed by atoms with Crippen molar-refractivity contribution in [2.24, 2.45) is 0 Å². The predicted molar refractivity (Wildman–Crippen MR) is 146 cm³/mol. The summed E-state index contributed by atoms with van der Waals surface area (Å²) in [4.78, 5) is 11.6. The summed E-state index contributed by atoms with van der Waals surface area (Å²) in [5.74, 6) is -0.140. The zero-order valence-electron chi connectivity index (χ0n) is 23.8. The Bertz CT molecular complexity index is 479. The summed E-state index contributed by atoms with van der Waals surface area (Å²) in [6, 6.07) is 0. The smallest absolute Gasteiger partial charge is 0.305 e. The number of carbonyl (C=O) groups is 1. The molecule has 0 atom stereocenters. The van der Waals surface area contributed by atoms with Gasteiger partial charge in [-0.25, -0.2) is 0 Å². The van der Waals surface area contributed by atoms with Crippen LogP contribution < -0.4 is 0 Å². The lowest BCUT2D eigenvalue weighted by atomic mass is 10.1. The molecule has 226 valence electrons. The zero-order valence-corrected chi connectivity index (χ0v) is 23.8. The van der Waals surface area contributed by atoms with Gasteiger partial charge in [0.15, 0.2) is 0 Å². The van der Waals surface area contributed by atoms with E-state index in [9.17, 15) is 4.79 Å². The van der Waals surface area contributed by atoms with Gasteiger partial charge in [0.1, 0.15) is 6.61 Å². The molecule has 38 heavy (non-hydrogen) atoms. The Kier molecular flexibility index (Phi) is 32.9. The summed E-state index contributed by atoms with van der Waals surface area (Å²) in [6.07, 6.45) is 9.16. The molecular weight excluding hydrogens is 496 g/mol. The van der Waals surface area contributed by atoms with E-state index in [-0.39, 0.29) is 5.97 Å². The molecule has 0 aromatic heterocycles. The fraction of sp³-hybridized carbons (Fsp3) is 0.893. The Morgan fingerprint density at radius 2 is 0.842 bits per heavy atom. The van der Waals surface area contributed by atoms with Crippen LogP contribution in [0.1, 0.15) is 51.9 Å². The highest BCUT2D eigenvalue weighted by Crippen LogP contribution is 2.07. The minimum absolute atomic E-state index is 0.140. The van der Waals surface area contributed by atoms with E-state index in [4.69, 9.17) is 42.6 Å². The monoisotopic (exact) mass is 550 g/mol. The lowest BCUT2D eigenvalue weighted by Crippen LogP contribution is -2.15. The van der Waals surface area contributed by atoms with E-state index in [1.54, 1.807) is 6.08 Å². The minimum Gasteiger partial charge on any atom is -0.463 e. The molecule has 0 saturated carbocycles. The van der Waals surface area contributed by atoms with E-state index in [1.165, 1.54) is 25.7 Å². The third kappa shape index (κ3) is 32.9. The second-order valence-corrected chi connectivity index (χ2v) is 8.39. The molecule has 0 radical (unpaired) electrons. The highest BCUT2D eigenvalue weighted by Gasteiger charge is 2.02. The van der Waals surface area contributed by atoms with Gasteiger partial charge in [0.05, 0.1) is 106 Å². The van der Waals surface area contributed by atoms with Gasteiger partial charge in [0.25, 0.3) is 0 Å². The molecule has 0 amide bonds. The zero-order chi connectivity index (χ0) is 27.6. The number of hydrogen-bond donors (Lipinski definition) is 0. The number of unbranched alkanes of at least 4 members (excludes halogenated alkanes) is 5. The van der Waals surface area contributed by atoms with E-state index >= 15 is 0 Å². The van der Waals surface area contributed by atoms with Gasteiger partial charge in [-0.15, -0.1) is 6.58 Å². The van der Waals surface area contributed by atoms with Crippen LogP contribution in [0.25, 0.3) is 0 Å². The molecule has 10 nitrogen and oxygen atoms in total. The molecule has 0 heterocycles. The quantitative estimate of drug-likeness (QED) is 0.0684. The normalized spacial score (nSPS) is 11.2. The molecule has 0 aliphatic carbocycles. The molecular formula is C28H54O10. The lowest BCUT2D eigenvalue weighted by molar-refractivity contribution is -0.145. The fourth-order valence-electron chi connectivity index (χ4n) is 3.04. The van der Waals surface area contributed by atoms with Gasteiger partial charge in [0.2, 0.25) is 0 Å². The molecule has 0 spiro atoms. The Hall–Kier alpha value is -1.11. The summed E-state index contributed by atoms with van der Waals surface area (Å²) in [5.41, 5.74) is 0. The van der Waals surface area contributed by atoms with Gasteiger partial charge in [-0.3, -0.25) is 4.79 Å². The van der Waals surface area contributed by atoms with E-state index in [0.717, 1.165) is 12.8 Å². The standard InChI is InChI=1S/C28H54O10/c1-3-5-6-7-8-9-10-28(29)38-27-26-37-25-24-36-23-22-35-21-20-34-19-18-33-17-16-32-15-14-31-13-12-30-11-4-2/h4H,2-3,5-27H2,1H3. The topological polar surface area (TPSA) is 100 Å². The van der Waals surface area contributed by atoms with Gasteiger partial charge in [-0.05, 0) is 6.42 Å². The SMILES string of the molecule is C=CCOCCOCCOCCOCCOCCOCCOCCOCCOC(=O)CCCCCCCC. The van der Waals surface area contributed by atoms with Crippen molar-refractivity contribution in [2.75, 3.05) is 112 Å². The first-order chi connectivity index (χ1) is 18.8. The van der Waals surface area contributed by atoms with E-state index in [2.05, 4.69) is 13.5 Å². The van der Waals surface area contributed by atoms with Gasteiger partial charge in [-0.2, -0.15) is 0 Å². The summed E-state index contributed by atoms with van der Waals surface area (Å²) >= 11 is 0. The first-order valence-corrected chi connectivity index (χ1v) is 14.2. The minimum atomic E-state index is -0.140. The summed E-state index contributed by atoms with van der Waals surface area (Å²) in [7, 11) is 0. The van der Waals surface area contributed by atoms with E-state index in [0.29, 0.717) is 119 Å². The molecule has 0 fully saturated rings. The van der Waals surface area contributed by atoms with Crippen LogP contribution in [0, 0.1) is 0 Å². The van der Waals surface area contributed by atoms with Crippen LogP contribution in [0.4, 0.5) is 0 Å². The van der Waals surface area contributed by atoms with Gasteiger partial charge < -0.3 is 42.6 Å². The van der Waals surface area contributed by atoms with Gasteiger partial charge in [-0.1, -0.05) is 45.1 Å². The molecule has 0 bridgehead atoms. The van der Waals surface area contributed by atoms with Crippen LogP contribution in [0.5, 0.6) is 0 Å². The summed E-state index contributed by atoms with van der Waals surface area (Å²) in [5, 5.41) is 0. The van der Waals surface area contributed by atoms with Crippen molar-refractivity contribution < 1.29 is 47.4 Å².